The smallest absolute Gasteiger partial charge is 0.341 e. The summed E-state index contributed by atoms with van der Waals surface area (Å²) in [6, 6.07) is 0. The van der Waals surface area contributed by atoms with Crippen molar-refractivity contribution in [3.05, 3.63) is 23.3 Å². The van der Waals surface area contributed by atoms with Crippen LogP contribution in [0.2, 0.25) is 0 Å². The minimum atomic E-state index is -0.347. The van der Waals surface area contributed by atoms with Crippen molar-refractivity contribution in [1.29, 1.82) is 0 Å². The Morgan fingerprint density at radius 2 is 2.18 bits per heavy atom. The first-order valence-corrected chi connectivity index (χ1v) is 6.04. The van der Waals surface area contributed by atoms with Gasteiger partial charge in [0.1, 0.15) is 5.82 Å². The maximum absolute atomic E-state index is 11.5. The Morgan fingerprint density at radius 1 is 1.47 bits per heavy atom. The number of esters is 1. The van der Waals surface area contributed by atoms with E-state index in [1.165, 1.54) is 0 Å². The molecule has 17 heavy (non-hydrogen) atoms. The number of carbonyl (C=O) groups is 1. The molecular weight excluding hydrogens is 216 g/mol. The predicted molar refractivity (Wildman–Crippen MR) is 65.9 cm³/mol. The highest BCUT2D eigenvalue weighted by Crippen LogP contribution is 2.09. The Hall–Kier alpha value is -1.45. The highest BCUT2D eigenvalue weighted by molar-refractivity contribution is 5.90. The van der Waals surface area contributed by atoms with Gasteiger partial charge in [-0.2, -0.15) is 0 Å². The summed E-state index contributed by atoms with van der Waals surface area (Å²) < 4.78 is 4.93. The molecule has 0 amide bonds. The Kier molecular flexibility index (Phi) is 5.07. The van der Waals surface area contributed by atoms with E-state index in [4.69, 9.17) is 4.74 Å². The van der Waals surface area contributed by atoms with Gasteiger partial charge in [0.15, 0.2) is 0 Å². The topological polar surface area (TPSA) is 52.1 Å². The molecule has 1 aromatic heterocycles. The zero-order chi connectivity index (χ0) is 12.8. The van der Waals surface area contributed by atoms with Crippen molar-refractivity contribution < 1.29 is 9.53 Å². The van der Waals surface area contributed by atoms with Crippen LogP contribution >= 0.6 is 0 Å². The minimum Gasteiger partial charge on any atom is -0.462 e. The molecule has 0 saturated carbocycles. The van der Waals surface area contributed by atoms with Gasteiger partial charge in [-0.25, -0.2) is 14.8 Å². The minimum absolute atomic E-state index is 0.347. The lowest BCUT2D eigenvalue weighted by molar-refractivity contribution is 0.0524. The SMILES string of the molecule is CCOC(=O)c1cnc(CCC(C)C)nc1C. The van der Waals surface area contributed by atoms with Crippen molar-refractivity contribution in [3.8, 4) is 0 Å². The summed E-state index contributed by atoms with van der Waals surface area (Å²) in [5, 5.41) is 0. The number of hydrogen-bond donors (Lipinski definition) is 0. The van der Waals surface area contributed by atoms with Gasteiger partial charge in [0.25, 0.3) is 0 Å². The molecule has 0 N–H and O–H groups in total. The number of aromatic nitrogens is 2. The van der Waals surface area contributed by atoms with Crippen molar-refractivity contribution in [2.45, 2.75) is 40.5 Å². The third-order valence-electron chi connectivity index (χ3n) is 2.47. The maximum atomic E-state index is 11.5. The van der Waals surface area contributed by atoms with Crippen LogP contribution in [0.25, 0.3) is 0 Å². The van der Waals surface area contributed by atoms with E-state index in [-0.39, 0.29) is 5.97 Å². The summed E-state index contributed by atoms with van der Waals surface area (Å²) in [6.45, 7) is 8.30. The van der Waals surface area contributed by atoms with Gasteiger partial charge < -0.3 is 4.74 Å². The quantitative estimate of drug-likeness (QED) is 0.737. The van der Waals surface area contributed by atoms with Gasteiger partial charge in [-0.05, 0) is 26.2 Å². The number of nitrogens with zero attached hydrogens (tertiary/aromatic N) is 2. The van der Waals surface area contributed by atoms with E-state index in [1.807, 2.05) is 6.92 Å². The van der Waals surface area contributed by atoms with Crippen LogP contribution < -0.4 is 0 Å². The molecule has 0 fully saturated rings. The lowest BCUT2D eigenvalue weighted by Crippen LogP contribution is -2.10. The Morgan fingerprint density at radius 3 is 2.71 bits per heavy atom. The molecule has 1 rings (SSSR count). The third-order valence-corrected chi connectivity index (χ3v) is 2.47. The standard InChI is InChI=1S/C13H20N2O2/c1-5-17-13(16)11-8-14-12(15-10(11)4)7-6-9(2)3/h8-9H,5-7H2,1-4H3. The fourth-order valence-corrected chi connectivity index (χ4v) is 1.46. The largest absolute Gasteiger partial charge is 0.462 e. The van der Waals surface area contributed by atoms with Crippen LogP contribution in [0.3, 0.4) is 0 Å². The molecule has 0 spiro atoms. The fraction of sp³-hybridized carbons (Fsp3) is 0.615. The second-order valence-electron chi connectivity index (χ2n) is 4.44. The van der Waals surface area contributed by atoms with Crippen LogP contribution in [0.4, 0.5) is 0 Å². The van der Waals surface area contributed by atoms with Gasteiger partial charge in [0.05, 0.1) is 17.9 Å². The molecule has 1 aromatic rings. The predicted octanol–water partition coefficient (Wildman–Crippen LogP) is 2.55. The van der Waals surface area contributed by atoms with E-state index in [0.717, 1.165) is 18.7 Å². The average Bonchev–Trinajstić information content (AvgIpc) is 2.26. The fourth-order valence-electron chi connectivity index (χ4n) is 1.46. The van der Waals surface area contributed by atoms with Crippen LogP contribution in [-0.4, -0.2) is 22.5 Å². The Balaban J connectivity index is 2.75. The van der Waals surface area contributed by atoms with E-state index >= 15 is 0 Å². The molecule has 0 bridgehead atoms. The number of hydrogen-bond acceptors (Lipinski definition) is 4. The van der Waals surface area contributed by atoms with Crippen molar-refractivity contribution in [1.82, 2.24) is 9.97 Å². The summed E-state index contributed by atoms with van der Waals surface area (Å²) in [5.74, 6) is 1.08. The summed E-state index contributed by atoms with van der Waals surface area (Å²) >= 11 is 0. The number of aryl methyl sites for hydroxylation is 2. The molecule has 0 aliphatic rings. The second-order valence-corrected chi connectivity index (χ2v) is 4.44. The molecule has 0 aliphatic heterocycles. The molecule has 4 nitrogen and oxygen atoms in total. The summed E-state index contributed by atoms with van der Waals surface area (Å²) in [5.41, 5.74) is 1.15. The van der Waals surface area contributed by atoms with Crippen molar-refractivity contribution in [2.75, 3.05) is 6.61 Å². The zero-order valence-electron chi connectivity index (χ0n) is 11.0. The normalized spacial score (nSPS) is 10.6. The van der Waals surface area contributed by atoms with Crippen molar-refractivity contribution >= 4 is 5.97 Å². The molecule has 4 heteroatoms. The Labute approximate surface area is 102 Å². The maximum Gasteiger partial charge on any atom is 0.341 e. The molecule has 0 saturated heterocycles. The van der Waals surface area contributed by atoms with Crippen LogP contribution in [-0.2, 0) is 11.2 Å². The molecule has 0 aliphatic carbocycles. The van der Waals surface area contributed by atoms with Gasteiger partial charge in [-0.3, -0.25) is 0 Å². The lowest BCUT2D eigenvalue weighted by Gasteiger charge is -2.07. The number of rotatable bonds is 5. The molecule has 0 radical (unpaired) electrons. The molecular formula is C13H20N2O2. The number of ether oxygens (including phenoxy) is 1. The van der Waals surface area contributed by atoms with Gasteiger partial charge in [-0.15, -0.1) is 0 Å². The lowest BCUT2D eigenvalue weighted by atomic mass is 10.1. The van der Waals surface area contributed by atoms with E-state index in [0.29, 0.717) is 23.8 Å². The summed E-state index contributed by atoms with van der Waals surface area (Å²) in [7, 11) is 0. The third kappa shape index (κ3) is 4.13. The number of carbonyl (C=O) groups excluding carboxylic acids is 1. The zero-order valence-corrected chi connectivity index (χ0v) is 11.0. The molecule has 0 atom stereocenters. The van der Waals surface area contributed by atoms with Crippen LogP contribution in [0.15, 0.2) is 6.20 Å². The highest BCUT2D eigenvalue weighted by atomic mass is 16.5. The average molecular weight is 236 g/mol. The van der Waals surface area contributed by atoms with Crippen molar-refractivity contribution in [3.63, 3.8) is 0 Å². The van der Waals surface area contributed by atoms with Gasteiger partial charge in [-0.1, -0.05) is 13.8 Å². The first-order valence-electron chi connectivity index (χ1n) is 6.04. The Bertz CT molecular complexity index is 389. The van der Waals surface area contributed by atoms with Gasteiger partial charge in [0, 0.05) is 12.6 Å². The van der Waals surface area contributed by atoms with E-state index in [1.54, 1.807) is 13.1 Å². The molecule has 0 unspecified atom stereocenters. The second kappa shape index (κ2) is 6.33. The van der Waals surface area contributed by atoms with Gasteiger partial charge >= 0.3 is 5.97 Å². The summed E-state index contributed by atoms with van der Waals surface area (Å²) in [6.07, 6.45) is 3.47. The first-order chi connectivity index (χ1) is 8.04. The van der Waals surface area contributed by atoms with Crippen LogP contribution in [0, 0.1) is 12.8 Å². The monoisotopic (exact) mass is 236 g/mol. The van der Waals surface area contributed by atoms with Crippen LogP contribution in [0.5, 0.6) is 0 Å². The van der Waals surface area contributed by atoms with E-state index < -0.39 is 0 Å². The van der Waals surface area contributed by atoms with E-state index in [2.05, 4.69) is 23.8 Å². The molecule has 94 valence electrons. The van der Waals surface area contributed by atoms with Gasteiger partial charge in [0.2, 0.25) is 0 Å². The molecule has 1 heterocycles. The first kappa shape index (κ1) is 13.6. The van der Waals surface area contributed by atoms with Crippen molar-refractivity contribution in [2.24, 2.45) is 5.92 Å². The highest BCUT2D eigenvalue weighted by Gasteiger charge is 2.12. The summed E-state index contributed by atoms with van der Waals surface area (Å²) in [4.78, 5) is 20.1. The molecule has 0 aromatic carbocycles. The van der Waals surface area contributed by atoms with Crippen LogP contribution in [0.1, 0.15) is 49.1 Å². The van der Waals surface area contributed by atoms with E-state index in [9.17, 15) is 4.79 Å².